The lowest BCUT2D eigenvalue weighted by Crippen LogP contribution is -2.47. The van der Waals surface area contributed by atoms with Crippen molar-refractivity contribution < 1.29 is 23.5 Å². The second kappa shape index (κ2) is 8.73. The highest BCUT2D eigenvalue weighted by Gasteiger charge is 2.28. The van der Waals surface area contributed by atoms with E-state index in [1.165, 1.54) is 12.1 Å². The van der Waals surface area contributed by atoms with Gasteiger partial charge in [0.1, 0.15) is 19.0 Å². The van der Waals surface area contributed by atoms with Crippen LogP contribution in [0.4, 0.5) is 4.39 Å². The van der Waals surface area contributed by atoms with Crippen LogP contribution in [-0.2, 0) is 4.79 Å². The number of fused-ring (bicyclic) bond motifs is 1. The number of halogens is 1. The molecule has 30 heavy (non-hydrogen) atoms. The molecule has 0 spiro atoms. The maximum Gasteiger partial charge on any atom is 0.254 e. The molecule has 0 aromatic heterocycles. The van der Waals surface area contributed by atoms with Crippen LogP contribution < -0.4 is 14.8 Å². The molecule has 0 radical (unpaired) electrons. The van der Waals surface area contributed by atoms with Crippen molar-refractivity contribution in [2.24, 2.45) is 0 Å². The second-order valence-electron chi connectivity index (χ2n) is 7.68. The Hall–Kier alpha value is -3.09. The highest BCUT2D eigenvalue weighted by Crippen LogP contribution is 2.33. The van der Waals surface area contributed by atoms with Crippen LogP contribution in [0.25, 0.3) is 0 Å². The molecule has 2 aromatic carbocycles. The van der Waals surface area contributed by atoms with Gasteiger partial charge in [-0.2, -0.15) is 0 Å². The number of hydrogen-bond donors (Lipinski definition) is 1. The lowest BCUT2D eigenvalue weighted by atomic mass is 9.96. The molecule has 1 N–H and O–H groups in total. The topological polar surface area (TPSA) is 67.9 Å². The molecule has 2 aliphatic heterocycles. The number of nitrogens with one attached hydrogen (secondary N) is 1. The zero-order chi connectivity index (χ0) is 21.1. The van der Waals surface area contributed by atoms with Crippen molar-refractivity contribution in [1.82, 2.24) is 10.2 Å². The molecule has 0 bridgehead atoms. The minimum Gasteiger partial charge on any atom is -0.486 e. The van der Waals surface area contributed by atoms with Gasteiger partial charge in [-0.15, -0.1) is 0 Å². The van der Waals surface area contributed by atoms with Gasteiger partial charge in [0.05, 0.1) is 11.5 Å². The monoisotopic (exact) mass is 412 g/mol. The van der Waals surface area contributed by atoms with Gasteiger partial charge >= 0.3 is 0 Å². The summed E-state index contributed by atoms with van der Waals surface area (Å²) in [5, 5.41) is 2.88. The van der Waals surface area contributed by atoms with Gasteiger partial charge in [-0.05, 0) is 49.6 Å². The fourth-order valence-corrected chi connectivity index (χ4v) is 3.90. The lowest BCUT2D eigenvalue weighted by molar-refractivity contribution is -0.133. The highest BCUT2D eigenvalue weighted by molar-refractivity contribution is 5.94. The molecule has 0 aliphatic carbocycles. The van der Waals surface area contributed by atoms with Gasteiger partial charge in [-0.3, -0.25) is 9.59 Å². The third-order valence-electron chi connectivity index (χ3n) is 5.70. The van der Waals surface area contributed by atoms with Gasteiger partial charge in [0.25, 0.3) is 5.91 Å². The van der Waals surface area contributed by atoms with E-state index in [0.717, 1.165) is 5.56 Å². The van der Waals surface area contributed by atoms with E-state index in [-0.39, 0.29) is 23.4 Å². The summed E-state index contributed by atoms with van der Waals surface area (Å²) in [6, 6.07) is 11.5. The number of carbonyl (C=O) groups is 2. The third-order valence-corrected chi connectivity index (χ3v) is 5.70. The summed E-state index contributed by atoms with van der Waals surface area (Å²) < 4.78 is 24.9. The van der Waals surface area contributed by atoms with E-state index in [0.29, 0.717) is 50.6 Å². The molecule has 4 rings (SSSR count). The summed E-state index contributed by atoms with van der Waals surface area (Å²) in [6.45, 7) is 4.03. The maximum absolute atomic E-state index is 13.8. The summed E-state index contributed by atoms with van der Waals surface area (Å²) in [5.74, 6) is 0.179. The van der Waals surface area contributed by atoms with Gasteiger partial charge in [0, 0.05) is 19.1 Å². The number of amides is 2. The molecule has 1 fully saturated rings. The first-order valence-corrected chi connectivity index (χ1v) is 10.3. The van der Waals surface area contributed by atoms with E-state index in [1.54, 1.807) is 12.1 Å². The van der Waals surface area contributed by atoms with Crippen molar-refractivity contribution in [3.63, 3.8) is 0 Å². The van der Waals surface area contributed by atoms with Gasteiger partial charge in [-0.1, -0.05) is 18.2 Å². The molecule has 0 saturated carbocycles. The first kappa shape index (κ1) is 20.2. The standard InChI is InChI=1S/C23H25FN2O4/c1-15(16-6-7-20-21(14-16)30-13-12-29-20)23(28)26-10-8-17(9-11-26)25-22(27)18-4-2-3-5-19(18)24/h2-7,14-15,17H,8-13H2,1H3,(H,25,27). The minimum atomic E-state index is -0.532. The van der Waals surface area contributed by atoms with E-state index < -0.39 is 11.7 Å². The number of ether oxygens (including phenoxy) is 2. The SMILES string of the molecule is CC(C(=O)N1CCC(NC(=O)c2ccccc2F)CC1)c1ccc2c(c1)OCCO2. The molecule has 6 nitrogen and oxygen atoms in total. The number of benzene rings is 2. The zero-order valence-corrected chi connectivity index (χ0v) is 16.9. The average Bonchev–Trinajstić information content (AvgIpc) is 2.78. The quantitative estimate of drug-likeness (QED) is 0.838. The highest BCUT2D eigenvalue weighted by atomic mass is 19.1. The number of hydrogen-bond acceptors (Lipinski definition) is 4. The van der Waals surface area contributed by atoms with Crippen molar-refractivity contribution in [3.8, 4) is 11.5 Å². The van der Waals surface area contributed by atoms with E-state index in [9.17, 15) is 14.0 Å². The maximum atomic E-state index is 13.8. The van der Waals surface area contributed by atoms with Crippen molar-refractivity contribution in [2.45, 2.75) is 31.7 Å². The van der Waals surface area contributed by atoms with Crippen LogP contribution in [0, 0.1) is 5.82 Å². The number of nitrogens with zero attached hydrogens (tertiary/aromatic N) is 1. The Morgan fingerprint density at radius 2 is 1.77 bits per heavy atom. The van der Waals surface area contributed by atoms with Crippen molar-refractivity contribution in [3.05, 3.63) is 59.4 Å². The molecule has 2 aromatic rings. The second-order valence-corrected chi connectivity index (χ2v) is 7.68. The lowest BCUT2D eigenvalue weighted by Gasteiger charge is -2.34. The molecule has 1 unspecified atom stereocenters. The summed E-state index contributed by atoms with van der Waals surface area (Å²) >= 11 is 0. The molecular formula is C23H25FN2O4. The Morgan fingerprint density at radius 1 is 1.07 bits per heavy atom. The van der Waals surface area contributed by atoms with Crippen LogP contribution >= 0.6 is 0 Å². The number of piperidine rings is 1. The van der Waals surface area contributed by atoms with Crippen LogP contribution in [0.2, 0.25) is 0 Å². The predicted octanol–water partition coefficient (Wildman–Crippen LogP) is 3.12. The molecule has 1 atom stereocenters. The van der Waals surface area contributed by atoms with E-state index in [4.69, 9.17) is 9.47 Å². The van der Waals surface area contributed by atoms with Crippen LogP contribution in [0.15, 0.2) is 42.5 Å². The smallest absolute Gasteiger partial charge is 0.254 e. The molecule has 2 heterocycles. The third kappa shape index (κ3) is 4.25. The Morgan fingerprint density at radius 3 is 2.50 bits per heavy atom. The van der Waals surface area contributed by atoms with Gasteiger partial charge in [-0.25, -0.2) is 4.39 Å². The fraction of sp³-hybridized carbons (Fsp3) is 0.391. The van der Waals surface area contributed by atoms with E-state index in [1.807, 2.05) is 30.0 Å². The summed E-state index contributed by atoms with van der Waals surface area (Å²) in [7, 11) is 0. The molecule has 158 valence electrons. The zero-order valence-electron chi connectivity index (χ0n) is 16.9. The van der Waals surface area contributed by atoms with Crippen molar-refractivity contribution in [1.29, 1.82) is 0 Å². The summed E-state index contributed by atoms with van der Waals surface area (Å²) in [5.41, 5.74) is 0.933. The molecule has 1 saturated heterocycles. The van der Waals surface area contributed by atoms with Gasteiger partial charge < -0.3 is 19.7 Å². The van der Waals surface area contributed by atoms with Gasteiger partial charge in [0.15, 0.2) is 11.5 Å². The van der Waals surface area contributed by atoms with E-state index >= 15 is 0 Å². The Labute approximate surface area is 175 Å². The van der Waals surface area contributed by atoms with Crippen LogP contribution in [-0.4, -0.2) is 49.1 Å². The number of likely N-dealkylation sites (tertiary alicyclic amines) is 1. The minimum absolute atomic E-state index is 0.0447. The Balaban J connectivity index is 1.33. The fourth-order valence-electron chi connectivity index (χ4n) is 3.90. The summed E-state index contributed by atoms with van der Waals surface area (Å²) in [6.07, 6.45) is 1.28. The first-order chi connectivity index (χ1) is 14.5. The largest absolute Gasteiger partial charge is 0.486 e. The average molecular weight is 412 g/mol. The van der Waals surface area contributed by atoms with Crippen molar-refractivity contribution >= 4 is 11.8 Å². The molecular weight excluding hydrogens is 387 g/mol. The van der Waals surface area contributed by atoms with Crippen LogP contribution in [0.5, 0.6) is 11.5 Å². The first-order valence-electron chi connectivity index (χ1n) is 10.3. The van der Waals surface area contributed by atoms with Gasteiger partial charge in [0.2, 0.25) is 5.91 Å². The Kier molecular flexibility index (Phi) is 5.88. The molecule has 2 aliphatic rings. The molecule has 2 amide bonds. The van der Waals surface area contributed by atoms with Crippen LogP contribution in [0.3, 0.4) is 0 Å². The van der Waals surface area contributed by atoms with E-state index in [2.05, 4.69) is 5.32 Å². The summed E-state index contributed by atoms with van der Waals surface area (Å²) in [4.78, 5) is 27.1. The predicted molar refractivity (Wildman–Crippen MR) is 109 cm³/mol. The number of carbonyl (C=O) groups excluding carboxylic acids is 2. The van der Waals surface area contributed by atoms with Crippen molar-refractivity contribution in [2.75, 3.05) is 26.3 Å². The van der Waals surface area contributed by atoms with Crippen LogP contribution in [0.1, 0.15) is 41.6 Å². The Bertz CT molecular complexity index is 941. The molecule has 7 heteroatoms. The number of rotatable bonds is 4. The normalized spacial score (nSPS) is 17.3.